The van der Waals surface area contributed by atoms with E-state index in [1.54, 1.807) is 4.90 Å². The Balaban J connectivity index is 2.19. The second kappa shape index (κ2) is 4.07. The molecular formula is C14H17NO3. The van der Waals surface area contributed by atoms with Crippen LogP contribution in [0, 0.1) is 6.92 Å². The Morgan fingerprint density at radius 2 is 2.06 bits per heavy atom. The van der Waals surface area contributed by atoms with Crippen molar-refractivity contribution in [2.75, 3.05) is 24.7 Å². The quantitative estimate of drug-likeness (QED) is 0.761. The maximum absolute atomic E-state index is 12.6. The summed E-state index contributed by atoms with van der Waals surface area (Å²) >= 11 is 0. The summed E-state index contributed by atoms with van der Waals surface area (Å²) in [6.07, 6.45) is 0.836. The zero-order valence-corrected chi connectivity index (χ0v) is 10.7. The maximum atomic E-state index is 12.6. The minimum Gasteiger partial charge on any atom is -0.338 e. The van der Waals surface area contributed by atoms with E-state index in [2.05, 4.69) is 0 Å². The molecule has 1 aromatic carbocycles. The standard InChI is InChI=1S/C14H17NO3/c1-3-15-12-10(2)6-4-7-11(12)14(13(15)16)17-8-5-9-18-14/h4,6-7H,3,5,8-9H2,1-2H3. The molecule has 0 bridgehead atoms. The normalized spacial score (nSPS) is 21.4. The fraction of sp³-hybridized carbons (Fsp3) is 0.500. The van der Waals surface area contributed by atoms with E-state index in [1.807, 2.05) is 32.0 Å². The van der Waals surface area contributed by atoms with Gasteiger partial charge in [0.15, 0.2) is 0 Å². The van der Waals surface area contributed by atoms with Gasteiger partial charge in [0, 0.05) is 12.1 Å². The number of para-hydroxylation sites is 1. The Morgan fingerprint density at radius 1 is 1.33 bits per heavy atom. The SMILES string of the molecule is CCN1C(=O)C2(OCCCO2)c2cccc(C)c21. The van der Waals surface area contributed by atoms with Crippen LogP contribution in [-0.4, -0.2) is 25.7 Å². The van der Waals surface area contributed by atoms with Crippen LogP contribution in [0.25, 0.3) is 0 Å². The first kappa shape index (κ1) is 11.7. The van der Waals surface area contributed by atoms with Gasteiger partial charge in [-0.15, -0.1) is 0 Å². The average molecular weight is 247 g/mol. The highest BCUT2D eigenvalue weighted by Crippen LogP contribution is 2.46. The van der Waals surface area contributed by atoms with Crippen molar-refractivity contribution >= 4 is 11.6 Å². The lowest BCUT2D eigenvalue weighted by Gasteiger charge is -2.32. The third kappa shape index (κ3) is 1.36. The first-order valence-electron chi connectivity index (χ1n) is 6.40. The third-order valence-corrected chi connectivity index (χ3v) is 3.60. The topological polar surface area (TPSA) is 38.8 Å². The molecule has 1 saturated heterocycles. The molecule has 2 heterocycles. The van der Waals surface area contributed by atoms with Gasteiger partial charge in [-0.2, -0.15) is 0 Å². The Hall–Kier alpha value is -1.39. The number of carbonyl (C=O) groups excluding carboxylic acids is 1. The van der Waals surface area contributed by atoms with Crippen LogP contribution in [0.5, 0.6) is 0 Å². The first-order valence-corrected chi connectivity index (χ1v) is 6.40. The van der Waals surface area contributed by atoms with E-state index in [9.17, 15) is 4.79 Å². The lowest BCUT2D eigenvalue weighted by atomic mass is 10.0. The second-order valence-corrected chi connectivity index (χ2v) is 4.69. The Kier molecular flexibility index (Phi) is 2.64. The molecule has 18 heavy (non-hydrogen) atoms. The Bertz CT molecular complexity index is 492. The number of aryl methyl sites for hydroxylation is 1. The molecule has 1 aromatic rings. The average Bonchev–Trinajstić information content (AvgIpc) is 2.63. The van der Waals surface area contributed by atoms with Gasteiger partial charge in [-0.05, 0) is 25.8 Å². The predicted octanol–water partition coefficient (Wildman–Crippen LogP) is 1.95. The van der Waals surface area contributed by atoms with Gasteiger partial charge in [-0.1, -0.05) is 18.2 Å². The lowest BCUT2D eigenvalue weighted by molar-refractivity contribution is -0.256. The molecule has 1 amide bonds. The number of ether oxygens (including phenoxy) is 2. The van der Waals surface area contributed by atoms with E-state index in [-0.39, 0.29) is 5.91 Å². The molecule has 0 radical (unpaired) electrons. The van der Waals surface area contributed by atoms with Crippen molar-refractivity contribution in [3.8, 4) is 0 Å². The highest BCUT2D eigenvalue weighted by atomic mass is 16.7. The number of fused-ring (bicyclic) bond motifs is 2. The van der Waals surface area contributed by atoms with Crippen LogP contribution in [0.2, 0.25) is 0 Å². The molecule has 2 aliphatic heterocycles. The van der Waals surface area contributed by atoms with Crippen LogP contribution in [0.1, 0.15) is 24.5 Å². The summed E-state index contributed by atoms with van der Waals surface area (Å²) in [5.41, 5.74) is 2.89. The van der Waals surface area contributed by atoms with E-state index in [1.165, 1.54) is 0 Å². The molecular weight excluding hydrogens is 230 g/mol. The van der Waals surface area contributed by atoms with Crippen LogP contribution in [0.3, 0.4) is 0 Å². The summed E-state index contributed by atoms with van der Waals surface area (Å²) < 4.78 is 11.5. The molecule has 4 heteroatoms. The number of nitrogens with zero attached hydrogens (tertiary/aromatic N) is 1. The summed E-state index contributed by atoms with van der Waals surface area (Å²) in [4.78, 5) is 14.4. The maximum Gasteiger partial charge on any atom is 0.292 e. The van der Waals surface area contributed by atoms with Crippen LogP contribution in [0.4, 0.5) is 5.69 Å². The van der Waals surface area contributed by atoms with E-state index < -0.39 is 5.79 Å². The molecule has 0 N–H and O–H groups in total. The van der Waals surface area contributed by atoms with Crippen LogP contribution in [-0.2, 0) is 20.1 Å². The fourth-order valence-electron chi connectivity index (χ4n) is 2.79. The number of amides is 1. The first-order chi connectivity index (χ1) is 8.70. The summed E-state index contributed by atoms with van der Waals surface area (Å²) in [5.74, 6) is -1.27. The molecule has 96 valence electrons. The van der Waals surface area contributed by atoms with Crippen LogP contribution in [0.15, 0.2) is 18.2 Å². The van der Waals surface area contributed by atoms with Crippen molar-refractivity contribution < 1.29 is 14.3 Å². The van der Waals surface area contributed by atoms with Crippen molar-refractivity contribution in [3.63, 3.8) is 0 Å². The summed E-state index contributed by atoms with van der Waals surface area (Å²) in [6.45, 7) is 5.74. The number of benzene rings is 1. The summed E-state index contributed by atoms with van der Waals surface area (Å²) in [5, 5.41) is 0. The van der Waals surface area contributed by atoms with E-state index in [0.717, 1.165) is 23.2 Å². The van der Waals surface area contributed by atoms with Gasteiger partial charge in [0.25, 0.3) is 11.7 Å². The summed E-state index contributed by atoms with van der Waals surface area (Å²) in [6, 6.07) is 5.89. The van der Waals surface area contributed by atoms with Crippen molar-refractivity contribution in [3.05, 3.63) is 29.3 Å². The van der Waals surface area contributed by atoms with Gasteiger partial charge in [0.1, 0.15) is 0 Å². The minimum atomic E-state index is -1.18. The molecule has 0 saturated carbocycles. The zero-order valence-electron chi connectivity index (χ0n) is 10.7. The van der Waals surface area contributed by atoms with Crippen LogP contribution >= 0.6 is 0 Å². The molecule has 0 aromatic heterocycles. The number of anilines is 1. The van der Waals surface area contributed by atoms with E-state index in [0.29, 0.717) is 19.8 Å². The van der Waals surface area contributed by atoms with Crippen molar-refractivity contribution in [1.29, 1.82) is 0 Å². The van der Waals surface area contributed by atoms with Gasteiger partial charge < -0.3 is 14.4 Å². The van der Waals surface area contributed by atoms with Gasteiger partial charge in [0.2, 0.25) is 0 Å². The fourth-order valence-corrected chi connectivity index (χ4v) is 2.79. The predicted molar refractivity (Wildman–Crippen MR) is 67.4 cm³/mol. The van der Waals surface area contributed by atoms with E-state index >= 15 is 0 Å². The molecule has 2 aliphatic rings. The smallest absolute Gasteiger partial charge is 0.292 e. The highest BCUT2D eigenvalue weighted by Gasteiger charge is 2.54. The molecule has 4 nitrogen and oxygen atoms in total. The second-order valence-electron chi connectivity index (χ2n) is 4.69. The number of rotatable bonds is 1. The molecule has 3 rings (SSSR count). The molecule has 1 fully saturated rings. The molecule has 0 atom stereocenters. The monoisotopic (exact) mass is 247 g/mol. The minimum absolute atomic E-state index is 0.0889. The van der Waals surface area contributed by atoms with Crippen LogP contribution < -0.4 is 4.90 Å². The van der Waals surface area contributed by atoms with Gasteiger partial charge in [-0.25, -0.2) is 0 Å². The Labute approximate surface area is 106 Å². The highest BCUT2D eigenvalue weighted by molar-refractivity contribution is 6.06. The number of hydrogen-bond donors (Lipinski definition) is 0. The third-order valence-electron chi connectivity index (χ3n) is 3.60. The number of hydrogen-bond acceptors (Lipinski definition) is 3. The van der Waals surface area contributed by atoms with Crippen molar-refractivity contribution in [1.82, 2.24) is 0 Å². The summed E-state index contributed by atoms with van der Waals surface area (Å²) in [7, 11) is 0. The largest absolute Gasteiger partial charge is 0.338 e. The molecule has 1 spiro atoms. The van der Waals surface area contributed by atoms with Gasteiger partial charge in [0.05, 0.1) is 18.9 Å². The van der Waals surface area contributed by atoms with Gasteiger partial charge in [-0.3, -0.25) is 4.79 Å². The molecule has 0 unspecified atom stereocenters. The lowest BCUT2D eigenvalue weighted by Crippen LogP contribution is -2.47. The number of carbonyl (C=O) groups is 1. The van der Waals surface area contributed by atoms with E-state index in [4.69, 9.17) is 9.47 Å². The van der Waals surface area contributed by atoms with Crippen molar-refractivity contribution in [2.45, 2.75) is 26.1 Å². The molecule has 0 aliphatic carbocycles. The zero-order chi connectivity index (χ0) is 12.8. The number of likely N-dealkylation sites (N-methyl/N-ethyl adjacent to an activating group) is 1. The Morgan fingerprint density at radius 3 is 2.72 bits per heavy atom. The van der Waals surface area contributed by atoms with Crippen molar-refractivity contribution in [2.24, 2.45) is 0 Å². The van der Waals surface area contributed by atoms with Gasteiger partial charge >= 0.3 is 0 Å².